The quantitative estimate of drug-likeness (QED) is 0.311. The van der Waals surface area contributed by atoms with Crippen molar-refractivity contribution >= 4 is 22.6 Å². The Balaban J connectivity index is 1.59. The summed E-state index contributed by atoms with van der Waals surface area (Å²) in [7, 11) is 0. The Kier molecular flexibility index (Phi) is 4.44. The molecule has 0 aliphatic carbocycles. The zero-order valence-electron chi connectivity index (χ0n) is 14.3. The molecule has 0 amide bonds. The van der Waals surface area contributed by atoms with Crippen LogP contribution >= 0.6 is 0 Å². The summed E-state index contributed by atoms with van der Waals surface area (Å²) in [5.41, 5.74) is 4.11. The third kappa shape index (κ3) is 3.33. The Morgan fingerprint density at radius 2 is 1.35 bits per heavy atom. The molecule has 0 aliphatic heterocycles. The maximum Gasteiger partial charge on any atom is 0.185 e. The molecular formula is C25H18O. The summed E-state index contributed by atoms with van der Waals surface area (Å²) in [5, 5.41) is 2.49. The molecule has 0 heterocycles. The summed E-state index contributed by atoms with van der Waals surface area (Å²) in [4.78, 5) is 12.2. The summed E-state index contributed by atoms with van der Waals surface area (Å²) >= 11 is 0. The molecule has 1 nitrogen and oxygen atoms in total. The summed E-state index contributed by atoms with van der Waals surface area (Å²) in [6, 6.07) is 32.4. The van der Waals surface area contributed by atoms with Gasteiger partial charge in [0.25, 0.3) is 0 Å². The smallest absolute Gasteiger partial charge is 0.185 e. The Morgan fingerprint density at radius 1 is 0.654 bits per heavy atom. The van der Waals surface area contributed by atoms with E-state index < -0.39 is 0 Å². The van der Waals surface area contributed by atoms with E-state index in [4.69, 9.17) is 0 Å². The van der Waals surface area contributed by atoms with Crippen molar-refractivity contribution < 1.29 is 4.79 Å². The van der Waals surface area contributed by atoms with Crippen LogP contribution in [-0.4, -0.2) is 5.78 Å². The second kappa shape index (κ2) is 7.20. The van der Waals surface area contributed by atoms with Crippen LogP contribution in [0, 0.1) is 0 Å². The van der Waals surface area contributed by atoms with Gasteiger partial charge in [-0.3, -0.25) is 4.79 Å². The van der Waals surface area contributed by atoms with E-state index in [1.165, 1.54) is 21.9 Å². The van der Waals surface area contributed by atoms with E-state index in [2.05, 4.69) is 54.6 Å². The van der Waals surface area contributed by atoms with E-state index in [0.717, 1.165) is 5.56 Å². The van der Waals surface area contributed by atoms with Crippen LogP contribution in [0.1, 0.15) is 15.9 Å². The highest BCUT2D eigenvalue weighted by molar-refractivity contribution is 6.06. The molecular weight excluding hydrogens is 316 g/mol. The molecule has 26 heavy (non-hydrogen) atoms. The van der Waals surface area contributed by atoms with Crippen molar-refractivity contribution in [1.29, 1.82) is 0 Å². The average Bonchev–Trinajstić information content (AvgIpc) is 2.72. The zero-order valence-corrected chi connectivity index (χ0v) is 14.3. The lowest BCUT2D eigenvalue weighted by molar-refractivity contribution is 0.104. The molecule has 0 N–H and O–H groups in total. The van der Waals surface area contributed by atoms with Gasteiger partial charge in [0.2, 0.25) is 0 Å². The summed E-state index contributed by atoms with van der Waals surface area (Å²) < 4.78 is 0. The molecule has 0 radical (unpaired) electrons. The minimum Gasteiger partial charge on any atom is -0.289 e. The van der Waals surface area contributed by atoms with E-state index in [1.807, 2.05) is 48.5 Å². The lowest BCUT2D eigenvalue weighted by atomic mass is 9.97. The maximum atomic E-state index is 12.2. The molecule has 0 aromatic heterocycles. The van der Waals surface area contributed by atoms with E-state index >= 15 is 0 Å². The molecule has 4 aromatic carbocycles. The van der Waals surface area contributed by atoms with Gasteiger partial charge >= 0.3 is 0 Å². The van der Waals surface area contributed by atoms with Crippen LogP contribution in [0.4, 0.5) is 0 Å². The molecule has 124 valence electrons. The van der Waals surface area contributed by atoms with Crippen LogP contribution in [0.5, 0.6) is 0 Å². The molecule has 0 fully saturated rings. The first kappa shape index (κ1) is 16.0. The molecule has 4 aromatic rings. The normalized spacial score (nSPS) is 11.1. The van der Waals surface area contributed by atoms with Crippen LogP contribution in [0.25, 0.3) is 28.0 Å². The number of benzene rings is 4. The Morgan fingerprint density at radius 3 is 2.15 bits per heavy atom. The number of rotatable bonds is 4. The largest absolute Gasteiger partial charge is 0.289 e. The molecule has 0 saturated carbocycles. The third-order valence-corrected chi connectivity index (χ3v) is 4.50. The molecule has 0 atom stereocenters. The highest BCUT2D eigenvalue weighted by Gasteiger charge is 2.03. The van der Waals surface area contributed by atoms with E-state index in [-0.39, 0.29) is 5.78 Å². The Hall–Kier alpha value is -3.45. The number of allylic oxidation sites excluding steroid dienone is 1. The van der Waals surface area contributed by atoms with Crippen molar-refractivity contribution in [2.24, 2.45) is 0 Å². The van der Waals surface area contributed by atoms with Crippen molar-refractivity contribution in [3.05, 3.63) is 114 Å². The summed E-state index contributed by atoms with van der Waals surface area (Å²) in [6.45, 7) is 0. The molecule has 0 unspecified atom stereocenters. The first-order valence-corrected chi connectivity index (χ1v) is 8.67. The zero-order chi connectivity index (χ0) is 17.8. The van der Waals surface area contributed by atoms with Crippen LogP contribution in [0.3, 0.4) is 0 Å². The van der Waals surface area contributed by atoms with E-state index in [1.54, 1.807) is 6.08 Å². The van der Waals surface area contributed by atoms with Gasteiger partial charge in [-0.25, -0.2) is 0 Å². The maximum absolute atomic E-state index is 12.2. The predicted molar refractivity (Wildman–Crippen MR) is 109 cm³/mol. The number of carbonyl (C=O) groups excluding carboxylic acids is 1. The highest BCUT2D eigenvalue weighted by Crippen LogP contribution is 2.28. The van der Waals surface area contributed by atoms with Crippen LogP contribution in [0.2, 0.25) is 0 Å². The second-order valence-electron chi connectivity index (χ2n) is 6.21. The molecule has 4 rings (SSSR count). The van der Waals surface area contributed by atoms with Crippen molar-refractivity contribution in [3.63, 3.8) is 0 Å². The van der Waals surface area contributed by atoms with Crippen molar-refractivity contribution in [3.8, 4) is 11.1 Å². The van der Waals surface area contributed by atoms with Crippen molar-refractivity contribution in [2.45, 2.75) is 0 Å². The fourth-order valence-corrected chi connectivity index (χ4v) is 3.12. The topological polar surface area (TPSA) is 17.1 Å². The standard InChI is InChI=1S/C25H18O/c26-25(22-8-2-1-3-9-22)18-15-19-13-16-21(17-14-19)24-12-6-10-20-7-4-5-11-23(20)24/h1-18H. The monoisotopic (exact) mass is 334 g/mol. The minimum atomic E-state index is 0.0173. The van der Waals surface area contributed by atoms with Crippen LogP contribution in [-0.2, 0) is 0 Å². The van der Waals surface area contributed by atoms with Gasteiger partial charge in [0, 0.05) is 5.56 Å². The van der Waals surface area contributed by atoms with Gasteiger partial charge in [-0.15, -0.1) is 0 Å². The van der Waals surface area contributed by atoms with E-state index in [0.29, 0.717) is 5.56 Å². The van der Waals surface area contributed by atoms with Crippen LogP contribution in [0.15, 0.2) is 103 Å². The van der Waals surface area contributed by atoms with Gasteiger partial charge in [-0.1, -0.05) is 103 Å². The van der Waals surface area contributed by atoms with Gasteiger partial charge < -0.3 is 0 Å². The number of ketones is 1. The highest BCUT2D eigenvalue weighted by atomic mass is 16.1. The molecule has 0 aliphatic rings. The summed E-state index contributed by atoms with van der Waals surface area (Å²) in [6.07, 6.45) is 3.49. The van der Waals surface area contributed by atoms with Gasteiger partial charge in [0.1, 0.15) is 0 Å². The molecule has 1 heteroatoms. The van der Waals surface area contributed by atoms with Gasteiger partial charge in [0.05, 0.1) is 0 Å². The second-order valence-corrected chi connectivity index (χ2v) is 6.21. The number of fused-ring (bicyclic) bond motifs is 1. The number of hydrogen-bond donors (Lipinski definition) is 0. The predicted octanol–water partition coefficient (Wildman–Crippen LogP) is 6.40. The molecule has 0 saturated heterocycles. The van der Waals surface area contributed by atoms with Gasteiger partial charge in [0.15, 0.2) is 5.78 Å². The fourth-order valence-electron chi connectivity index (χ4n) is 3.12. The number of hydrogen-bond acceptors (Lipinski definition) is 1. The SMILES string of the molecule is O=C(C=Cc1ccc(-c2cccc3ccccc23)cc1)c1ccccc1. The van der Waals surface area contributed by atoms with Crippen molar-refractivity contribution in [1.82, 2.24) is 0 Å². The Bertz CT molecular complexity index is 1070. The molecule has 0 bridgehead atoms. The summed E-state index contributed by atoms with van der Waals surface area (Å²) in [5.74, 6) is 0.0173. The first-order valence-electron chi connectivity index (χ1n) is 8.67. The lowest BCUT2D eigenvalue weighted by Crippen LogP contribution is -1.92. The number of carbonyl (C=O) groups is 1. The fraction of sp³-hybridized carbons (Fsp3) is 0. The average molecular weight is 334 g/mol. The van der Waals surface area contributed by atoms with Crippen LogP contribution < -0.4 is 0 Å². The minimum absolute atomic E-state index is 0.0173. The van der Waals surface area contributed by atoms with Gasteiger partial charge in [-0.2, -0.15) is 0 Å². The van der Waals surface area contributed by atoms with E-state index in [9.17, 15) is 4.79 Å². The Labute approximate surface area is 153 Å². The van der Waals surface area contributed by atoms with Crippen molar-refractivity contribution in [2.75, 3.05) is 0 Å². The first-order chi connectivity index (χ1) is 12.8. The molecule has 0 spiro atoms. The lowest BCUT2D eigenvalue weighted by Gasteiger charge is -2.07. The third-order valence-electron chi connectivity index (χ3n) is 4.50. The van der Waals surface area contributed by atoms with Gasteiger partial charge in [-0.05, 0) is 33.5 Å².